The summed E-state index contributed by atoms with van der Waals surface area (Å²) in [5.74, 6) is 1.63. The van der Waals surface area contributed by atoms with E-state index in [9.17, 15) is 0 Å². The molecular formula is C20H34N2O3+2. The Bertz CT molecular complexity index is 548. The zero-order valence-electron chi connectivity index (χ0n) is 16.1. The van der Waals surface area contributed by atoms with E-state index in [2.05, 4.69) is 26.0 Å². The Morgan fingerprint density at radius 2 is 1.64 bits per heavy atom. The van der Waals surface area contributed by atoms with Gasteiger partial charge in [-0.25, -0.2) is 0 Å². The third kappa shape index (κ3) is 4.66. The molecule has 2 aliphatic rings. The number of nitrogens with one attached hydrogen (secondary N) is 2. The number of hydrogen-bond donors (Lipinski definition) is 2. The lowest BCUT2D eigenvalue weighted by Crippen LogP contribution is -3.22. The number of likely N-dealkylation sites (tertiary alicyclic amines) is 1. The van der Waals surface area contributed by atoms with Gasteiger partial charge in [0.15, 0.2) is 11.5 Å². The van der Waals surface area contributed by atoms with Gasteiger partial charge in [-0.1, -0.05) is 0 Å². The van der Waals surface area contributed by atoms with Crippen molar-refractivity contribution in [3.63, 3.8) is 0 Å². The Morgan fingerprint density at radius 1 is 1.00 bits per heavy atom. The quantitative estimate of drug-likeness (QED) is 0.781. The van der Waals surface area contributed by atoms with Gasteiger partial charge in [0.2, 0.25) is 0 Å². The lowest BCUT2D eigenvalue weighted by atomic mass is 10.0. The second-order valence-corrected chi connectivity index (χ2v) is 7.71. The van der Waals surface area contributed by atoms with E-state index in [0.717, 1.165) is 24.1 Å². The van der Waals surface area contributed by atoms with Gasteiger partial charge in [0.05, 0.1) is 33.4 Å². The van der Waals surface area contributed by atoms with E-state index in [0.29, 0.717) is 12.2 Å². The van der Waals surface area contributed by atoms with Crippen LogP contribution in [0.2, 0.25) is 0 Å². The van der Waals surface area contributed by atoms with Gasteiger partial charge in [-0.2, -0.15) is 0 Å². The van der Waals surface area contributed by atoms with Gasteiger partial charge in [0.1, 0.15) is 31.8 Å². The van der Waals surface area contributed by atoms with E-state index in [1.807, 2.05) is 6.07 Å². The fourth-order valence-electron chi connectivity index (χ4n) is 4.54. The number of hydrogen-bond acceptors (Lipinski definition) is 3. The van der Waals surface area contributed by atoms with Crippen LogP contribution in [0, 0.1) is 0 Å². The molecule has 2 N–H and O–H groups in total. The minimum atomic E-state index is 0.399. The number of methoxy groups -OCH3 is 2. The number of piperidine rings is 1. The summed E-state index contributed by atoms with van der Waals surface area (Å²) < 4.78 is 16.7. The molecule has 5 heteroatoms. The van der Waals surface area contributed by atoms with E-state index >= 15 is 0 Å². The Morgan fingerprint density at radius 3 is 2.24 bits per heavy atom. The summed E-state index contributed by atoms with van der Waals surface area (Å²) >= 11 is 0. The minimum Gasteiger partial charge on any atom is -0.493 e. The number of benzene rings is 1. The van der Waals surface area contributed by atoms with Gasteiger partial charge in [-0.15, -0.1) is 0 Å². The van der Waals surface area contributed by atoms with Crippen LogP contribution < -0.4 is 19.3 Å². The van der Waals surface area contributed by atoms with Crippen molar-refractivity contribution in [2.24, 2.45) is 0 Å². The fraction of sp³-hybridized carbons (Fsp3) is 0.700. The molecule has 1 aromatic rings. The highest BCUT2D eigenvalue weighted by Gasteiger charge is 2.35. The molecule has 1 aromatic carbocycles. The molecule has 2 heterocycles. The molecule has 2 saturated heterocycles. The minimum absolute atomic E-state index is 0.399. The largest absolute Gasteiger partial charge is 0.493 e. The highest BCUT2D eigenvalue weighted by Crippen LogP contribution is 2.27. The molecule has 3 atom stereocenters. The summed E-state index contributed by atoms with van der Waals surface area (Å²) in [6.45, 7) is 10.3. The molecular weight excluding hydrogens is 316 g/mol. The number of ether oxygens (including phenoxy) is 3. The van der Waals surface area contributed by atoms with Crippen LogP contribution in [0.4, 0.5) is 0 Å². The summed E-state index contributed by atoms with van der Waals surface area (Å²) in [6, 6.07) is 7.11. The number of quaternary nitrogens is 2. The highest BCUT2D eigenvalue weighted by atomic mass is 16.5. The highest BCUT2D eigenvalue weighted by molar-refractivity contribution is 5.42. The lowest BCUT2D eigenvalue weighted by Gasteiger charge is -2.39. The van der Waals surface area contributed by atoms with E-state index in [-0.39, 0.29) is 0 Å². The van der Waals surface area contributed by atoms with Crippen molar-refractivity contribution in [2.45, 2.75) is 51.5 Å². The van der Waals surface area contributed by atoms with Crippen LogP contribution >= 0.6 is 0 Å². The molecule has 2 aliphatic heterocycles. The summed E-state index contributed by atoms with van der Waals surface area (Å²) in [6.07, 6.45) is 3.43. The van der Waals surface area contributed by atoms with Crippen molar-refractivity contribution in [1.29, 1.82) is 0 Å². The molecule has 2 fully saturated rings. The normalized spacial score (nSPS) is 33.0. The Labute approximate surface area is 151 Å². The van der Waals surface area contributed by atoms with Gasteiger partial charge in [-0.05, 0) is 32.0 Å². The van der Waals surface area contributed by atoms with Gasteiger partial charge in [-0.3, -0.25) is 0 Å². The van der Waals surface area contributed by atoms with Crippen LogP contribution in [-0.4, -0.2) is 58.6 Å². The zero-order valence-corrected chi connectivity index (χ0v) is 16.1. The van der Waals surface area contributed by atoms with Crippen LogP contribution in [0.25, 0.3) is 0 Å². The summed E-state index contributed by atoms with van der Waals surface area (Å²) in [5, 5.41) is 0. The van der Waals surface area contributed by atoms with Crippen molar-refractivity contribution in [3.05, 3.63) is 23.8 Å². The molecule has 0 saturated carbocycles. The molecule has 25 heavy (non-hydrogen) atoms. The zero-order chi connectivity index (χ0) is 17.8. The predicted octanol–water partition coefficient (Wildman–Crippen LogP) is -0.0568. The van der Waals surface area contributed by atoms with E-state index in [1.54, 1.807) is 24.0 Å². The van der Waals surface area contributed by atoms with Crippen molar-refractivity contribution >= 4 is 0 Å². The van der Waals surface area contributed by atoms with Crippen molar-refractivity contribution in [2.75, 3.05) is 40.4 Å². The lowest BCUT2D eigenvalue weighted by molar-refractivity contribution is -0.970. The third-order valence-corrected chi connectivity index (χ3v) is 5.74. The first-order valence-corrected chi connectivity index (χ1v) is 9.63. The second kappa shape index (κ2) is 8.39. The number of rotatable bonds is 5. The van der Waals surface area contributed by atoms with Gasteiger partial charge in [0.25, 0.3) is 0 Å². The second-order valence-electron chi connectivity index (χ2n) is 7.71. The predicted molar refractivity (Wildman–Crippen MR) is 97.7 cm³/mol. The number of morpholine rings is 1. The SMILES string of the molecule is COc1ccc(C[NH+]2CCC([NH+]3C[C@@H](C)O[C@@H](C)C3)CC2)cc1OC. The van der Waals surface area contributed by atoms with Crippen LogP contribution in [0.15, 0.2) is 18.2 Å². The monoisotopic (exact) mass is 350 g/mol. The molecule has 0 spiro atoms. The van der Waals surface area contributed by atoms with Crippen LogP contribution in [0.5, 0.6) is 11.5 Å². The molecule has 0 amide bonds. The summed E-state index contributed by atoms with van der Waals surface area (Å²) in [5.41, 5.74) is 1.33. The van der Waals surface area contributed by atoms with Crippen LogP contribution in [-0.2, 0) is 11.3 Å². The summed E-state index contributed by atoms with van der Waals surface area (Å²) in [7, 11) is 3.39. The van der Waals surface area contributed by atoms with E-state index in [1.165, 1.54) is 44.6 Å². The van der Waals surface area contributed by atoms with Gasteiger partial charge >= 0.3 is 0 Å². The van der Waals surface area contributed by atoms with Crippen LogP contribution in [0.1, 0.15) is 32.3 Å². The smallest absolute Gasteiger partial charge is 0.161 e. The first kappa shape index (κ1) is 18.5. The molecule has 0 aromatic heterocycles. The van der Waals surface area contributed by atoms with Gasteiger partial charge < -0.3 is 24.0 Å². The molecule has 0 bridgehead atoms. The summed E-state index contributed by atoms with van der Waals surface area (Å²) in [4.78, 5) is 3.44. The molecule has 140 valence electrons. The fourth-order valence-corrected chi connectivity index (χ4v) is 4.54. The first-order chi connectivity index (χ1) is 12.1. The maximum atomic E-state index is 5.90. The van der Waals surface area contributed by atoms with Crippen molar-refractivity contribution in [1.82, 2.24) is 0 Å². The molecule has 0 aliphatic carbocycles. The Balaban J connectivity index is 1.52. The van der Waals surface area contributed by atoms with Crippen molar-refractivity contribution < 1.29 is 24.0 Å². The maximum Gasteiger partial charge on any atom is 0.161 e. The van der Waals surface area contributed by atoms with Crippen molar-refractivity contribution in [3.8, 4) is 11.5 Å². The molecule has 0 radical (unpaired) electrons. The van der Waals surface area contributed by atoms with Crippen LogP contribution in [0.3, 0.4) is 0 Å². The molecule has 1 unspecified atom stereocenters. The first-order valence-electron chi connectivity index (χ1n) is 9.63. The average molecular weight is 351 g/mol. The Kier molecular flexibility index (Phi) is 6.20. The van der Waals surface area contributed by atoms with E-state index in [4.69, 9.17) is 14.2 Å². The van der Waals surface area contributed by atoms with E-state index < -0.39 is 0 Å². The standard InChI is InChI=1S/C20H32N2O3/c1-15-12-22(13-16(2)25-15)18-7-9-21(10-8-18)14-17-5-6-19(23-3)20(11-17)24-4/h5-6,11,15-16,18H,7-10,12-14H2,1-4H3/p+2/t15-,16+. The molecule has 5 nitrogen and oxygen atoms in total. The maximum absolute atomic E-state index is 5.90. The van der Waals surface area contributed by atoms with Gasteiger partial charge in [0, 0.05) is 18.4 Å². The third-order valence-electron chi connectivity index (χ3n) is 5.74. The average Bonchev–Trinajstić information content (AvgIpc) is 2.61. The topological polar surface area (TPSA) is 36.6 Å². The molecule has 3 rings (SSSR count). The Hall–Kier alpha value is -1.30.